The maximum Gasteiger partial charge on any atom is 0.592 e. The van der Waals surface area contributed by atoms with E-state index >= 15 is 0 Å². The normalized spacial score (nSPS) is 17.1. The molecule has 0 amide bonds. The van der Waals surface area contributed by atoms with Crippen LogP contribution in [0.2, 0.25) is 0 Å². The predicted molar refractivity (Wildman–Crippen MR) is 218 cm³/mol. The molecule has 7 atom stereocenters. The molecule has 0 aromatic heterocycles. The summed E-state index contributed by atoms with van der Waals surface area (Å²) in [5.74, 6) is 1.21. The van der Waals surface area contributed by atoms with Gasteiger partial charge in [-0.15, -0.1) is 0 Å². The second-order valence-corrected chi connectivity index (χ2v) is 19.5. The molecule has 0 spiro atoms. The van der Waals surface area contributed by atoms with Gasteiger partial charge in [0.05, 0.1) is 6.61 Å². The second-order valence-electron chi connectivity index (χ2n) is 18.0. The largest absolute Gasteiger partial charge is 0.592 e. The van der Waals surface area contributed by atoms with E-state index < -0.39 is 38.4 Å². The molecule has 3 N–H and O–H groups in total. The number of hydrogen-bond acceptors (Lipinski definition) is 8. The Hall–Kier alpha value is -1.44. The number of carbonyl (C=O) groups excluding carboxylic acids is 2. The van der Waals surface area contributed by atoms with Crippen molar-refractivity contribution in [2.75, 3.05) is 6.61 Å². The molecule has 0 radical (unpaired) electrons. The quantitative estimate of drug-likeness (QED) is 0.0611. The number of phosphoric ester groups is 1. The number of carbonyl (C=O) groups is 3. The van der Waals surface area contributed by atoms with Crippen LogP contribution >= 0.6 is 7.82 Å². The van der Waals surface area contributed by atoms with Crippen molar-refractivity contribution in [1.82, 2.24) is 0 Å². The summed E-state index contributed by atoms with van der Waals surface area (Å²) in [4.78, 5) is 36.9. The van der Waals surface area contributed by atoms with E-state index in [-0.39, 0.29) is 24.7 Å². The van der Waals surface area contributed by atoms with Crippen LogP contribution in [-0.4, -0.2) is 35.7 Å². The van der Waals surface area contributed by atoms with E-state index in [4.69, 9.17) is 24.4 Å². The van der Waals surface area contributed by atoms with Crippen LogP contribution in [0.5, 0.6) is 0 Å². The van der Waals surface area contributed by atoms with Gasteiger partial charge in [0.1, 0.15) is 6.04 Å². The van der Waals surface area contributed by atoms with Crippen molar-refractivity contribution in [3.8, 4) is 0 Å². The van der Waals surface area contributed by atoms with Crippen LogP contribution in [0.4, 0.5) is 0 Å². The van der Waals surface area contributed by atoms with Gasteiger partial charge in [-0.25, -0.2) is 4.57 Å². The van der Waals surface area contributed by atoms with Gasteiger partial charge in [0.15, 0.2) is 0 Å². The van der Waals surface area contributed by atoms with Crippen molar-refractivity contribution in [1.29, 1.82) is 0 Å². The van der Waals surface area contributed by atoms with Crippen LogP contribution in [0.1, 0.15) is 198 Å². The Bertz CT molecular complexity index is 956. The minimum atomic E-state index is -4.73. The van der Waals surface area contributed by atoms with E-state index in [1.807, 2.05) is 13.8 Å². The van der Waals surface area contributed by atoms with Gasteiger partial charge in [-0.2, -0.15) is 0 Å². The summed E-state index contributed by atoms with van der Waals surface area (Å²) < 4.78 is 28.8. The molecule has 6 unspecified atom stereocenters. The average molecular weight is 774 g/mol. The summed E-state index contributed by atoms with van der Waals surface area (Å²) in [7, 11) is -4.73. The third-order valence-corrected chi connectivity index (χ3v) is 12.0. The lowest BCUT2D eigenvalue weighted by molar-refractivity contribution is -0.142. The fourth-order valence-electron chi connectivity index (χ4n) is 7.00. The van der Waals surface area contributed by atoms with Crippen LogP contribution in [-0.2, 0) is 32.5 Å². The molecule has 53 heavy (non-hydrogen) atoms. The lowest BCUT2D eigenvalue weighted by atomic mass is 9.91. The van der Waals surface area contributed by atoms with Crippen molar-refractivity contribution in [3.05, 3.63) is 0 Å². The topological polar surface area (TPSA) is 142 Å². The Morgan fingerprint density at radius 2 is 0.755 bits per heavy atom. The molecule has 0 bridgehead atoms. The molecule has 0 aromatic rings. The third-order valence-electron chi connectivity index (χ3n) is 10.7. The van der Waals surface area contributed by atoms with Gasteiger partial charge in [-0.3, -0.25) is 18.9 Å². The standard InChI is InChI=1S/C43H84NO8P/c1-32(2)17-11-19-34(5)21-13-23-36(7)25-15-27-38(9)29-41(45)51-53(49,50-31-40(44)43(47)48)52-42(46)30-39(10)28-16-26-37(8)24-14-22-35(6)20-12-18-33(3)4/h32-40H,11-31,44H2,1-10H3,(H,47,48)/t34?,35?,36?,37?,38?,39?,40-,53?/m0/s1. The second kappa shape index (κ2) is 29.8. The highest BCUT2D eigenvalue weighted by molar-refractivity contribution is 7.49. The molecular formula is C43H84NO8P. The first-order valence-electron chi connectivity index (χ1n) is 21.5. The van der Waals surface area contributed by atoms with E-state index in [9.17, 15) is 18.9 Å². The van der Waals surface area contributed by atoms with Gasteiger partial charge >= 0.3 is 25.7 Å². The van der Waals surface area contributed by atoms with Crippen LogP contribution in [0.15, 0.2) is 0 Å². The molecule has 314 valence electrons. The number of hydrogen-bond donors (Lipinski definition) is 2. The minimum absolute atomic E-state index is 0.0240. The van der Waals surface area contributed by atoms with Crippen molar-refractivity contribution < 1.29 is 37.6 Å². The lowest BCUT2D eigenvalue weighted by Crippen LogP contribution is -2.34. The van der Waals surface area contributed by atoms with Gasteiger partial charge in [-0.1, -0.05) is 185 Å². The van der Waals surface area contributed by atoms with E-state index in [0.717, 1.165) is 62.2 Å². The summed E-state index contributed by atoms with van der Waals surface area (Å²) in [6.07, 6.45) is 20.9. The molecular weight excluding hydrogens is 689 g/mol. The Morgan fingerprint density at radius 3 is 1.02 bits per heavy atom. The zero-order chi connectivity index (χ0) is 40.4. The molecule has 0 aliphatic heterocycles. The molecule has 0 aliphatic rings. The van der Waals surface area contributed by atoms with E-state index in [1.54, 1.807) is 0 Å². The summed E-state index contributed by atoms with van der Waals surface area (Å²) in [6.45, 7) is 21.5. The molecule has 0 heterocycles. The molecule has 9 nitrogen and oxygen atoms in total. The number of carboxylic acids is 1. The van der Waals surface area contributed by atoms with E-state index in [0.29, 0.717) is 11.8 Å². The van der Waals surface area contributed by atoms with Crippen LogP contribution in [0.3, 0.4) is 0 Å². The number of nitrogens with two attached hydrogens (primary N) is 1. The Kier molecular flexibility index (Phi) is 29.0. The predicted octanol–water partition coefficient (Wildman–Crippen LogP) is 12.5. The van der Waals surface area contributed by atoms with Crippen molar-refractivity contribution >= 4 is 25.7 Å². The van der Waals surface area contributed by atoms with Gasteiger partial charge < -0.3 is 19.9 Å². The zero-order valence-corrected chi connectivity index (χ0v) is 36.8. The molecule has 0 rings (SSSR count). The van der Waals surface area contributed by atoms with Crippen LogP contribution in [0, 0.1) is 47.3 Å². The van der Waals surface area contributed by atoms with Crippen LogP contribution < -0.4 is 5.73 Å². The highest BCUT2D eigenvalue weighted by Crippen LogP contribution is 2.50. The molecule has 0 fully saturated rings. The summed E-state index contributed by atoms with van der Waals surface area (Å²) in [5, 5.41) is 9.15. The fraction of sp³-hybridized carbons (Fsp3) is 0.930. The zero-order valence-electron chi connectivity index (χ0n) is 35.9. The first kappa shape index (κ1) is 51.6. The fourth-order valence-corrected chi connectivity index (χ4v) is 8.13. The first-order chi connectivity index (χ1) is 24.8. The smallest absolute Gasteiger partial charge is 0.480 e. The summed E-state index contributed by atoms with van der Waals surface area (Å²) >= 11 is 0. The maximum atomic E-state index is 13.4. The van der Waals surface area contributed by atoms with Crippen molar-refractivity contribution in [2.45, 2.75) is 204 Å². The molecule has 0 aliphatic carbocycles. The Morgan fingerprint density at radius 1 is 0.491 bits per heavy atom. The van der Waals surface area contributed by atoms with Gasteiger partial charge in [-0.05, 0) is 47.3 Å². The summed E-state index contributed by atoms with van der Waals surface area (Å²) in [5.41, 5.74) is 5.53. The van der Waals surface area contributed by atoms with Gasteiger partial charge in [0.2, 0.25) is 0 Å². The van der Waals surface area contributed by atoms with Gasteiger partial charge in [0.25, 0.3) is 0 Å². The monoisotopic (exact) mass is 774 g/mol. The highest BCUT2D eigenvalue weighted by Gasteiger charge is 2.37. The van der Waals surface area contributed by atoms with Crippen molar-refractivity contribution in [2.24, 2.45) is 53.1 Å². The number of phosphoric acid groups is 1. The summed E-state index contributed by atoms with van der Waals surface area (Å²) in [6, 6.07) is -1.52. The molecule has 10 heteroatoms. The number of aliphatic carboxylic acids is 1. The Labute approximate surface area is 326 Å². The molecule has 0 saturated carbocycles. The first-order valence-corrected chi connectivity index (χ1v) is 23.0. The van der Waals surface area contributed by atoms with Crippen molar-refractivity contribution in [3.63, 3.8) is 0 Å². The third kappa shape index (κ3) is 30.5. The number of carboxylic acid groups (broad SMARTS) is 1. The van der Waals surface area contributed by atoms with Gasteiger partial charge in [0, 0.05) is 12.8 Å². The average Bonchev–Trinajstić information content (AvgIpc) is 3.02. The highest BCUT2D eigenvalue weighted by atomic mass is 31.2. The Balaban J connectivity index is 4.70. The molecule has 0 aromatic carbocycles. The maximum absolute atomic E-state index is 13.4. The number of rotatable bonds is 34. The van der Waals surface area contributed by atoms with E-state index in [2.05, 4.69) is 55.4 Å². The minimum Gasteiger partial charge on any atom is -0.480 e. The van der Waals surface area contributed by atoms with Crippen LogP contribution in [0.25, 0.3) is 0 Å². The van der Waals surface area contributed by atoms with E-state index in [1.165, 1.54) is 77.0 Å². The molecule has 0 saturated heterocycles. The SMILES string of the molecule is CC(C)CCCC(C)CCCC(C)CCCC(C)CC(=O)OP(=O)(OC[C@H](N)C(=O)O)OC(=O)CC(C)CCCC(C)CCCC(C)CCCC(C)C. The lowest BCUT2D eigenvalue weighted by Gasteiger charge is -2.20.